The van der Waals surface area contributed by atoms with E-state index in [1.165, 1.54) is 43.5 Å². The maximum absolute atomic E-state index is 12.9. The van der Waals surface area contributed by atoms with E-state index < -0.39 is 35.7 Å². The maximum atomic E-state index is 12.9. The number of carbonyl (C=O) groups is 3. The van der Waals surface area contributed by atoms with E-state index in [0.717, 1.165) is 0 Å². The van der Waals surface area contributed by atoms with Gasteiger partial charge in [0.05, 0.1) is 6.26 Å². The van der Waals surface area contributed by atoms with Crippen LogP contribution in [0, 0.1) is 11.7 Å². The number of carbonyl (C=O) groups excluding carboxylic acids is 3. The topological polar surface area (TPSA) is 110 Å². The Labute approximate surface area is 161 Å². The number of furan rings is 1. The number of nitrogens with one attached hydrogen (secondary N) is 3. The summed E-state index contributed by atoms with van der Waals surface area (Å²) in [5.74, 6) is -2.05. The lowest BCUT2D eigenvalue weighted by atomic mass is 10.0. The van der Waals surface area contributed by atoms with E-state index >= 15 is 0 Å². The van der Waals surface area contributed by atoms with Gasteiger partial charge in [0.25, 0.3) is 17.7 Å². The lowest BCUT2D eigenvalue weighted by molar-refractivity contribution is -0.133. The van der Waals surface area contributed by atoms with Gasteiger partial charge in [0.1, 0.15) is 17.6 Å². The van der Waals surface area contributed by atoms with Crippen molar-refractivity contribution in [3.05, 3.63) is 54.2 Å². The molecule has 0 unspecified atom stereocenters. The van der Waals surface area contributed by atoms with Crippen molar-refractivity contribution in [1.82, 2.24) is 16.2 Å². The van der Waals surface area contributed by atoms with Gasteiger partial charge in [-0.25, -0.2) is 4.39 Å². The van der Waals surface area contributed by atoms with Crippen LogP contribution in [0.5, 0.6) is 5.75 Å². The summed E-state index contributed by atoms with van der Waals surface area (Å²) in [6.45, 7) is 4.97. The Morgan fingerprint density at radius 2 is 1.64 bits per heavy atom. The van der Waals surface area contributed by atoms with Crippen molar-refractivity contribution in [2.24, 2.45) is 5.92 Å². The molecule has 2 rings (SSSR count). The van der Waals surface area contributed by atoms with E-state index in [1.54, 1.807) is 19.9 Å². The fourth-order valence-electron chi connectivity index (χ4n) is 2.23. The van der Waals surface area contributed by atoms with E-state index in [2.05, 4.69) is 16.2 Å². The quantitative estimate of drug-likeness (QED) is 0.624. The third-order valence-corrected chi connectivity index (χ3v) is 3.79. The van der Waals surface area contributed by atoms with Gasteiger partial charge in [-0.3, -0.25) is 25.2 Å². The first-order valence-electron chi connectivity index (χ1n) is 8.64. The minimum atomic E-state index is -0.944. The number of rotatable bonds is 7. The Hall–Kier alpha value is -3.36. The summed E-state index contributed by atoms with van der Waals surface area (Å²) in [7, 11) is 0. The van der Waals surface area contributed by atoms with E-state index in [-0.39, 0.29) is 11.7 Å². The molecule has 3 N–H and O–H groups in total. The summed E-state index contributed by atoms with van der Waals surface area (Å²) in [6, 6.07) is 7.31. The van der Waals surface area contributed by atoms with Crippen molar-refractivity contribution < 1.29 is 27.9 Å². The molecule has 0 aliphatic rings. The second-order valence-corrected chi connectivity index (χ2v) is 6.36. The van der Waals surface area contributed by atoms with Gasteiger partial charge in [0.15, 0.2) is 11.9 Å². The lowest BCUT2D eigenvalue weighted by Gasteiger charge is -2.22. The zero-order valence-corrected chi connectivity index (χ0v) is 15.7. The molecule has 150 valence electrons. The van der Waals surface area contributed by atoms with E-state index in [9.17, 15) is 18.8 Å². The number of ether oxygens (including phenoxy) is 1. The fraction of sp³-hybridized carbons (Fsp3) is 0.316. The van der Waals surface area contributed by atoms with Crippen molar-refractivity contribution >= 4 is 17.7 Å². The molecule has 2 aromatic rings. The van der Waals surface area contributed by atoms with Crippen LogP contribution in [0.25, 0.3) is 0 Å². The SMILES string of the molecule is CC(C)[C@H](NC(=O)c1ccco1)C(=O)NNC(=O)[C@H](C)Oc1ccc(F)cc1. The molecule has 0 radical (unpaired) electrons. The Morgan fingerprint density at radius 1 is 1.00 bits per heavy atom. The summed E-state index contributed by atoms with van der Waals surface area (Å²) in [6.07, 6.45) is 0.406. The summed E-state index contributed by atoms with van der Waals surface area (Å²) in [5, 5.41) is 2.55. The van der Waals surface area contributed by atoms with E-state index in [0.29, 0.717) is 5.75 Å². The molecule has 0 aliphatic carbocycles. The zero-order chi connectivity index (χ0) is 20.7. The minimum Gasteiger partial charge on any atom is -0.481 e. The second-order valence-electron chi connectivity index (χ2n) is 6.36. The summed E-state index contributed by atoms with van der Waals surface area (Å²) < 4.78 is 23.3. The predicted octanol–water partition coefficient (Wildman–Crippen LogP) is 1.79. The van der Waals surface area contributed by atoms with Crippen LogP contribution in [-0.4, -0.2) is 29.9 Å². The molecule has 2 atom stereocenters. The van der Waals surface area contributed by atoms with Crippen molar-refractivity contribution in [1.29, 1.82) is 0 Å². The van der Waals surface area contributed by atoms with Gasteiger partial charge in [-0.05, 0) is 49.2 Å². The standard InChI is InChI=1S/C19H22FN3O5/c1-11(2)16(21-18(25)15-5-4-10-27-15)19(26)23-22-17(24)12(3)28-14-8-6-13(20)7-9-14/h4-12,16H,1-3H3,(H,21,25)(H,22,24)(H,23,26)/t12-,16-/m0/s1. The summed E-state index contributed by atoms with van der Waals surface area (Å²) in [5.41, 5.74) is 4.51. The largest absolute Gasteiger partial charge is 0.481 e. The number of hydrogen-bond acceptors (Lipinski definition) is 5. The fourth-order valence-corrected chi connectivity index (χ4v) is 2.23. The highest BCUT2D eigenvalue weighted by molar-refractivity contribution is 5.96. The Morgan fingerprint density at radius 3 is 2.21 bits per heavy atom. The normalized spacial score (nSPS) is 12.8. The average molecular weight is 391 g/mol. The molecular formula is C19H22FN3O5. The molecule has 1 aromatic carbocycles. The third kappa shape index (κ3) is 5.83. The van der Waals surface area contributed by atoms with Crippen molar-refractivity contribution in [3.63, 3.8) is 0 Å². The van der Waals surface area contributed by atoms with Crippen molar-refractivity contribution in [3.8, 4) is 5.75 Å². The molecule has 28 heavy (non-hydrogen) atoms. The molecule has 0 saturated heterocycles. The third-order valence-electron chi connectivity index (χ3n) is 3.79. The molecule has 3 amide bonds. The molecule has 1 heterocycles. The minimum absolute atomic E-state index is 0.0730. The van der Waals surface area contributed by atoms with Gasteiger partial charge < -0.3 is 14.5 Å². The van der Waals surface area contributed by atoms with E-state index in [4.69, 9.17) is 9.15 Å². The van der Waals surface area contributed by atoms with Crippen molar-refractivity contribution in [2.45, 2.75) is 32.9 Å². The zero-order valence-electron chi connectivity index (χ0n) is 15.7. The highest BCUT2D eigenvalue weighted by Gasteiger charge is 2.26. The molecule has 1 aromatic heterocycles. The number of halogens is 1. The second kappa shape index (κ2) is 9.54. The highest BCUT2D eigenvalue weighted by atomic mass is 19.1. The maximum Gasteiger partial charge on any atom is 0.287 e. The monoisotopic (exact) mass is 391 g/mol. The van der Waals surface area contributed by atoms with Crippen LogP contribution in [0.15, 0.2) is 47.1 Å². The Balaban J connectivity index is 1.87. The first kappa shape index (κ1) is 20.9. The first-order chi connectivity index (χ1) is 13.3. The van der Waals surface area contributed by atoms with Gasteiger partial charge in [-0.2, -0.15) is 0 Å². The van der Waals surface area contributed by atoms with Crippen LogP contribution < -0.4 is 20.9 Å². The highest BCUT2D eigenvalue weighted by Crippen LogP contribution is 2.13. The number of amides is 3. The van der Waals surface area contributed by atoms with Crippen LogP contribution in [0.2, 0.25) is 0 Å². The average Bonchev–Trinajstić information content (AvgIpc) is 3.20. The number of hydrogen-bond donors (Lipinski definition) is 3. The molecule has 0 aliphatic heterocycles. The molecular weight excluding hydrogens is 369 g/mol. The molecule has 0 fully saturated rings. The van der Waals surface area contributed by atoms with Crippen LogP contribution in [0.4, 0.5) is 4.39 Å². The molecule has 8 nitrogen and oxygen atoms in total. The first-order valence-corrected chi connectivity index (χ1v) is 8.64. The van der Waals surface area contributed by atoms with Crippen LogP contribution >= 0.6 is 0 Å². The Kier molecular flexibility index (Phi) is 7.14. The van der Waals surface area contributed by atoms with Gasteiger partial charge in [-0.1, -0.05) is 13.8 Å². The molecule has 9 heteroatoms. The van der Waals surface area contributed by atoms with Crippen LogP contribution in [0.1, 0.15) is 31.3 Å². The lowest BCUT2D eigenvalue weighted by Crippen LogP contribution is -2.55. The summed E-state index contributed by atoms with van der Waals surface area (Å²) >= 11 is 0. The van der Waals surface area contributed by atoms with Gasteiger partial charge in [0.2, 0.25) is 0 Å². The van der Waals surface area contributed by atoms with E-state index in [1.807, 2.05) is 0 Å². The van der Waals surface area contributed by atoms with Crippen LogP contribution in [-0.2, 0) is 9.59 Å². The smallest absolute Gasteiger partial charge is 0.287 e. The number of hydrazine groups is 1. The van der Waals surface area contributed by atoms with Gasteiger partial charge in [0, 0.05) is 0 Å². The number of benzene rings is 1. The molecule has 0 bridgehead atoms. The van der Waals surface area contributed by atoms with Gasteiger partial charge >= 0.3 is 0 Å². The van der Waals surface area contributed by atoms with Gasteiger partial charge in [-0.15, -0.1) is 0 Å². The summed E-state index contributed by atoms with van der Waals surface area (Å²) in [4.78, 5) is 36.5. The molecule has 0 saturated carbocycles. The molecule has 0 spiro atoms. The predicted molar refractivity (Wildman–Crippen MR) is 97.6 cm³/mol. The van der Waals surface area contributed by atoms with Crippen molar-refractivity contribution in [2.75, 3.05) is 0 Å². The Bertz CT molecular complexity index is 805. The van der Waals surface area contributed by atoms with Crippen LogP contribution in [0.3, 0.4) is 0 Å².